The molecule has 2 amide bonds. The van der Waals surface area contributed by atoms with Crippen LogP contribution in [0.2, 0.25) is 0 Å². The van der Waals surface area contributed by atoms with Crippen molar-refractivity contribution < 1.29 is 22.7 Å². The van der Waals surface area contributed by atoms with E-state index in [0.29, 0.717) is 32.7 Å². The number of hydrogen-bond donors (Lipinski definition) is 2. The van der Waals surface area contributed by atoms with Gasteiger partial charge in [-0.1, -0.05) is 24.6 Å². The molecule has 1 saturated heterocycles. The van der Waals surface area contributed by atoms with Gasteiger partial charge >= 0.3 is 0 Å². The minimum Gasteiger partial charge on any atom is -0.491 e. The van der Waals surface area contributed by atoms with E-state index in [0.717, 1.165) is 44.1 Å². The number of ether oxygens (including phenoxy) is 1. The molecular formula is C21H31N3O5S. The molecule has 1 spiro atoms. The topological polar surface area (TPSA) is 105 Å². The maximum absolute atomic E-state index is 13.1. The zero-order chi connectivity index (χ0) is 21.6. The number of nitrogens with zero attached hydrogens (tertiary/aromatic N) is 1. The van der Waals surface area contributed by atoms with E-state index in [1.165, 1.54) is 5.56 Å². The number of para-hydroxylation sites is 1. The number of amides is 2. The second kappa shape index (κ2) is 9.78. The molecule has 166 valence electrons. The molecule has 3 rings (SSSR count). The van der Waals surface area contributed by atoms with Crippen LogP contribution in [-0.2, 0) is 26.0 Å². The van der Waals surface area contributed by atoms with Gasteiger partial charge in [0.05, 0.1) is 24.8 Å². The third-order valence-electron chi connectivity index (χ3n) is 5.87. The molecule has 1 unspecified atom stereocenters. The Morgan fingerprint density at radius 3 is 2.80 bits per heavy atom. The molecule has 1 aromatic carbocycles. The highest BCUT2D eigenvalue weighted by Gasteiger charge is 2.42. The van der Waals surface area contributed by atoms with Crippen LogP contribution in [0.3, 0.4) is 0 Å². The number of likely N-dealkylation sites (tertiary alicyclic amines) is 1. The third-order valence-corrected chi connectivity index (χ3v) is 6.53. The molecule has 1 aromatic rings. The van der Waals surface area contributed by atoms with Crippen molar-refractivity contribution in [1.82, 2.24) is 14.9 Å². The van der Waals surface area contributed by atoms with Crippen molar-refractivity contribution in [2.24, 2.45) is 5.41 Å². The summed E-state index contributed by atoms with van der Waals surface area (Å²) in [4.78, 5) is 27.3. The van der Waals surface area contributed by atoms with Gasteiger partial charge in [0.1, 0.15) is 12.4 Å². The molecule has 8 nitrogen and oxygen atoms in total. The Kier molecular flexibility index (Phi) is 7.36. The summed E-state index contributed by atoms with van der Waals surface area (Å²) in [5.41, 5.74) is 0.531. The molecule has 0 saturated carbocycles. The van der Waals surface area contributed by atoms with E-state index in [1.54, 1.807) is 4.90 Å². The smallest absolute Gasteiger partial charge is 0.237 e. The average Bonchev–Trinajstić information content (AvgIpc) is 2.72. The van der Waals surface area contributed by atoms with Crippen LogP contribution in [0.25, 0.3) is 0 Å². The van der Waals surface area contributed by atoms with E-state index in [1.807, 2.05) is 18.2 Å². The van der Waals surface area contributed by atoms with Crippen molar-refractivity contribution in [2.75, 3.05) is 39.0 Å². The number of piperidine rings is 1. The quantitative estimate of drug-likeness (QED) is 0.736. The average molecular weight is 438 g/mol. The minimum atomic E-state index is -3.44. The molecule has 0 bridgehead atoms. The zero-order valence-corrected chi connectivity index (χ0v) is 18.3. The summed E-state index contributed by atoms with van der Waals surface area (Å²) in [7, 11) is -3.44. The number of sulfonamides is 1. The predicted molar refractivity (Wildman–Crippen MR) is 114 cm³/mol. The van der Waals surface area contributed by atoms with Crippen LogP contribution in [0.1, 0.15) is 37.7 Å². The van der Waals surface area contributed by atoms with E-state index in [-0.39, 0.29) is 18.4 Å². The summed E-state index contributed by atoms with van der Waals surface area (Å²) in [6.45, 7) is 1.37. The monoisotopic (exact) mass is 437 g/mol. The lowest BCUT2D eigenvalue weighted by molar-refractivity contribution is -0.141. The van der Waals surface area contributed by atoms with Gasteiger partial charge in [0.25, 0.3) is 0 Å². The van der Waals surface area contributed by atoms with Crippen LogP contribution in [0, 0.1) is 5.41 Å². The molecule has 30 heavy (non-hydrogen) atoms. The first-order valence-corrected chi connectivity index (χ1v) is 12.4. The van der Waals surface area contributed by atoms with E-state index in [4.69, 9.17) is 4.74 Å². The van der Waals surface area contributed by atoms with Crippen LogP contribution in [0.15, 0.2) is 24.3 Å². The molecule has 1 atom stereocenters. The van der Waals surface area contributed by atoms with Crippen molar-refractivity contribution in [3.63, 3.8) is 0 Å². The number of nitrogens with one attached hydrogen (secondary N) is 2. The lowest BCUT2D eigenvalue weighted by Gasteiger charge is -2.42. The number of carbonyl (C=O) groups excluding carboxylic acids is 2. The maximum Gasteiger partial charge on any atom is 0.237 e. The van der Waals surface area contributed by atoms with E-state index < -0.39 is 15.4 Å². The van der Waals surface area contributed by atoms with Gasteiger partial charge in [0.15, 0.2) is 0 Å². The van der Waals surface area contributed by atoms with Gasteiger partial charge in [-0.05, 0) is 43.7 Å². The van der Waals surface area contributed by atoms with Crippen LogP contribution in [-0.4, -0.2) is 64.2 Å². The van der Waals surface area contributed by atoms with Crippen LogP contribution >= 0.6 is 0 Å². The van der Waals surface area contributed by atoms with Gasteiger partial charge in [-0.25, -0.2) is 13.1 Å². The molecule has 2 heterocycles. The number of carbonyl (C=O) groups is 2. The standard InChI is InChI=1S/C21H31N3O5S/c1-30(27,28)23-15-19(25)24-13-6-11-21(16-24)10-5-4-8-17-7-2-3-9-18(17)29-14-12-22-20(21)26/h2-3,7,9,23H,4-6,8,10-16H2,1H3,(H,22,26). The number of aryl methyl sites for hydroxylation is 1. The number of hydrogen-bond acceptors (Lipinski definition) is 5. The Morgan fingerprint density at radius 1 is 1.23 bits per heavy atom. The molecule has 2 N–H and O–H groups in total. The van der Waals surface area contributed by atoms with E-state index >= 15 is 0 Å². The van der Waals surface area contributed by atoms with Gasteiger partial charge in [0, 0.05) is 13.1 Å². The largest absolute Gasteiger partial charge is 0.491 e. The zero-order valence-electron chi connectivity index (χ0n) is 17.5. The summed E-state index contributed by atoms with van der Waals surface area (Å²) in [6, 6.07) is 7.99. The summed E-state index contributed by atoms with van der Waals surface area (Å²) < 4.78 is 30.7. The highest BCUT2D eigenvalue weighted by molar-refractivity contribution is 7.88. The Balaban J connectivity index is 1.69. The van der Waals surface area contributed by atoms with Gasteiger partial charge in [-0.2, -0.15) is 0 Å². The minimum absolute atomic E-state index is 0.0477. The first-order chi connectivity index (χ1) is 14.3. The van der Waals surface area contributed by atoms with E-state index in [2.05, 4.69) is 16.1 Å². The van der Waals surface area contributed by atoms with Crippen molar-refractivity contribution in [1.29, 1.82) is 0 Å². The molecule has 2 aliphatic heterocycles. The lowest BCUT2D eigenvalue weighted by atomic mass is 9.74. The molecule has 9 heteroatoms. The fourth-order valence-corrected chi connectivity index (χ4v) is 4.68. The predicted octanol–water partition coefficient (Wildman–Crippen LogP) is 1.07. The van der Waals surface area contributed by atoms with Gasteiger partial charge in [0.2, 0.25) is 21.8 Å². The lowest BCUT2D eigenvalue weighted by Crippen LogP contribution is -2.55. The highest BCUT2D eigenvalue weighted by atomic mass is 32.2. The number of rotatable bonds is 3. The number of benzene rings is 1. The molecule has 0 aliphatic carbocycles. The second-order valence-electron chi connectivity index (χ2n) is 8.21. The van der Waals surface area contributed by atoms with Gasteiger partial charge in [-0.3, -0.25) is 9.59 Å². The Bertz CT molecular complexity index is 873. The van der Waals surface area contributed by atoms with Crippen molar-refractivity contribution in [2.45, 2.75) is 38.5 Å². The molecule has 2 aliphatic rings. The molecular weight excluding hydrogens is 406 g/mol. The first kappa shape index (κ1) is 22.6. The van der Waals surface area contributed by atoms with Crippen LogP contribution in [0.5, 0.6) is 5.75 Å². The second-order valence-corrected chi connectivity index (χ2v) is 10.0. The molecule has 0 aromatic heterocycles. The highest BCUT2D eigenvalue weighted by Crippen LogP contribution is 2.36. The maximum atomic E-state index is 13.1. The van der Waals surface area contributed by atoms with Crippen molar-refractivity contribution in [3.05, 3.63) is 29.8 Å². The van der Waals surface area contributed by atoms with E-state index in [9.17, 15) is 18.0 Å². The Labute approximate surface area is 178 Å². The van der Waals surface area contributed by atoms with Gasteiger partial charge < -0.3 is 15.0 Å². The molecule has 0 radical (unpaired) electrons. The third kappa shape index (κ3) is 5.95. The first-order valence-electron chi connectivity index (χ1n) is 10.5. The summed E-state index contributed by atoms with van der Waals surface area (Å²) >= 11 is 0. The SMILES string of the molecule is CS(=O)(=O)NCC(=O)N1CCCC2(CCCCc3ccccc3OCCNC2=O)C1. The Hall–Kier alpha value is -2.13. The molecule has 1 fully saturated rings. The summed E-state index contributed by atoms with van der Waals surface area (Å²) in [5, 5.41) is 2.99. The number of fused-ring (bicyclic) bond motifs is 1. The van der Waals surface area contributed by atoms with Crippen molar-refractivity contribution in [3.8, 4) is 5.75 Å². The van der Waals surface area contributed by atoms with Crippen LogP contribution < -0.4 is 14.8 Å². The van der Waals surface area contributed by atoms with Crippen molar-refractivity contribution >= 4 is 21.8 Å². The summed E-state index contributed by atoms with van der Waals surface area (Å²) in [6.07, 6.45) is 5.85. The fourth-order valence-electron chi connectivity index (χ4n) is 4.30. The fraction of sp³-hybridized carbons (Fsp3) is 0.619. The normalized spacial score (nSPS) is 23.5. The van der Waals surface area contributed by atoms with Crippen LogP contribution in [0.4, 0.5) is 0 Å². The summed E-state index contributed by atoms with van der Waals surface area (Å²) in [5.74, 6) is 0.527. The van der Waals surface area contributed by atoms with Gasteiger partial charge in [-0.15, -0.1) is 0 Å². The Morgan fingerprint density at radius 2 is 2.00 bits per heavy atom.